The third kappa shape index (κ3) is 2.24. The van der Waals surface area contributed by atoms with Crippen LogP contribution < -0.4 is 0 Å². The first-order valence-electron chi connectivity index (χ1n) is 4.88. The van der Waals surface area contributed by atoms with Crippen LogP contribution in [0.2, 0.25) is 0 Å². The van der Waals surface area contributed by atoms with E-state index in [2.05, 4.69) is 22.3 Å². The molecule has 1 aromatic heterocycles. The molecular formula is C9H15N3S. The summed E-state index contributed by atoms with van der Waals surface area (Å²) in [6.07, 6.45) is 7.41. The summed E-state index contributed by atoms with van der Waals surface area (Å²) in [6.45, 7) is 2.30. The van der Waals surface area contributed by atoms with Crippen LogP contribution >= 0.6 is 11.8 Å². The molecule has 0 bridgehead atoms. The maximum atomic E-state index is 4.05. The van der Waals surface area contributed by atoms with Crippen LogP contribution in [-0.4, -0.2) is 20.7 Å². The number of hydrogen-bond acceptors (Lipinski definition) is 3. The monoisotopic (exact) mass is 197 g/mol. The maximum Gasteiger partial charge on any atom is 0.138 e. The van der Waals surface area contributed by atoms with Crippen LogP contribution in [0.25, 0.3) is 0 Å². The summed E-state index contributed by atoms with van der Waals surface area (Å²) >= 11 is 1.84. The number of rotatable bonds is 3. The quantitative estimate of drug-likeness (QED) is 0.757. The average Bonchev–Trinajstić information content (AvgIpc) is 2.74. The zero-order valence-corrected chi connectivity index (χ0v) is 8.68. The Morgan fingerprint density at radius 2 is 2.31 bits per heavy atom. The highest BCUT2D eigenvalue weighted by Gasteiger charge is 2.22. The van der Waals surface area contributed by atoms with E-state index in [0.29, 0.717) is 5.25 Å². The van der Waals surface area contributed by atoms with Gasteiger partial charge in [0.25, 0.3) is 0 Å². The molecular weight excluding hydrogens is 182 g/mol. The molecule has 1 aliphatic rings. The van der Waals surface area contributed by atoms with Crippen molar-refractivity contribution in [3.63, 3.8) is 0 Å². The minimum Gasteiger partial charge on any atom is -0.197 e. The minimum absolute atomic E-state index is 0.688. The highest BCUT2D eigenvalue weighted by atomic mass is 32.2. The molecule has 72 valence electrons. The Morgan fingerprint density at radius 3 is 2.92 bits per heavy atom. The molecule has 0 radical (unpaired) electrons. The molecule has 0 aromatic carbocycles. The Kier molecular flexibility index (Phi) is 2.88. The Morgan fingerprint density at radius 1 is 1.54 bits per heavy atom. The number of aromatic nitrogens is 3. The van der Waals surface area contributed by atoms with Gasteiger partial charge < -0.3 is 0 Å². The number of aromatic amines is 1. The number of thioether (sulfide) groups is 1. The molecule has 1 atom stereocenters. The molecule has 1 fully saturated rings. The summed E-state index contributed by atoms with van der Waals surface area (Å²) in [7, 11) is 0. The van der Waals surface area contributed by atoms with Crippen LogP contribution in [0.3, 0.4) is 0 Å². The fourth-order valence-electron chi connectivity index (χ4n) is 1.96. The van der Waals surface area contributed by atoms with Gasteiger partial charge in [0.2, 0.25) is 0 Å². The zero-order chi connectivity index (χ0) is 9.10. The largest absolute Gasteiger partial charge is 0.197 e. The Labute approximate surface area is 82.7 Å². The fraction of sp³-hybridized carbons (Fsp3) is 0.778. The van der Waals surface area contributed by atoms with Crippen molar-refractivity contribution in [1.29, 1.82) is 0 Å². The maximum absolute atomic E-state index is 4.05. The van der Waals surface area contributed by atoms with Gasteiger partial charge in [-0.25, -0.2) is 0 Å². The van der Waals surface area contributed by atoms with E-state index in [1.807, 2.05) is 11.8 Å². The fourth-order valence-corrected chi connectivity index (χ4v) is 3.01. The first-order chi connectivity index (χ1) is 6.36. The second-order valence-corrected chi connectivity index (χ2v) is 5.07. The van der Waals surface area contributed by atoms with Gasteiger partial charge in [0.15, 0.2) is 0 Å². The van der Waals surface area contributed by atoms with E-state index in [1.54, 1.807) is 6.20 Å². The molecule has 1 heterocycles. The van der Waals surface area contributed by atoms with E-state index in [-0.39, 0.29) is 0 Å². The molecule has 1 aliphatic carbocycles. The van der Waals surface area contributed by atoms with Crippen LogP contribution in [0.1, 0.15) is 32.6 Å². The predicted octanol–water partition coefficient (Wildman–Crippen LogP) is 2.48. The number of H-pyrrole nitrogens is 1. The SMILES string of the molecule is CC(Sc1cn[nH]n1)C1CCCC1. The average molecular weight is 197 g/mol. The lowest BCUT2D eigenvalue weighted by Gasteiger charge is -2.16. The van der Waals surface area contributed by atoms with Gasteiger partial charge >= 0.3 is 0 Å². The van der Waals surface area contributed by atoms with Crippen molar-refractivity contribution < 1.29 is 0 Å². The topological polar surface area (TPSA) is 41.6 Å². The lowest BCUT2D eigenvalue weighted by molar-refractivity contribution is 0.544. The van der Waals surface area contributed by atoms with E-state index in [9.17, 15) is 0 Å². The molecule has 1 aromatic rings. The first kappa shape index (κ1) is 9.06. The van der Waals surface area contributed by atoms with Crippen LogP contribution in [-0.2, 0) is 0 Å². The van der Waals surface area contributed by atoms with E-state index < -0.39 is 0 Å². The second kappa shape index (κ2) is 4.13. The standard InChI is InChI=1S/C9H15N3S/c1-7(8-4-2-3-5-8)13-9-6-10-12-11-9/h6-8H,2-5H2,1H3,(H,10,11,12). The van der Waals surface area contributed by atoms with E-state index in [4.69, 9.17) is 0 Å². The van der Waals surface area contributed by atoms with Crippen molar-refractivity contribution in [3.05, 3.63) is 6.20 Å². The molecule has 2 rings (SSSR count). The third-order valence-electron chi connectivity index (χ3n) is 2.76. The van der Waals surface area contributed by atoms with Crippen molar-refractivity contribution in [2.75, 3.05) is 0 Å². The normalized spacial score (nSPS) is 20.7. The summed E-state index contributed by atoms with van der Waals surface area (Å²) < 4.78 is 0. The van der Waals surface area contributed by atoms with E-state index in [1.165, 1.54) is 25.7 Å². The van der Waals surface area contributed by atoms with Gasteiger partial charge in [-0.15, -0.1) is 5.10 Å². The smallest absolute Gasteiger partial charge is 0.138 e. The minimum atomic E-state index is 0.688. The second-order valence-electron chi connectivity index (χ2n) is 3.68. The highest BCUT2D eigenvalue weighted by molar-refractivity contribution is 7.99. The van der Waals surface area contributed by atoms with Crippen LogP contribution in [0.15, 0.2) is 11.2 Å². The van der Waals surface area contributed by atoms with Crippen LogP contribution in [0, 0.1) is 5.92 Å². The van der Waals surface area contributed by atoms with Crippen molar-refractivity contribution in [2.24, 2.45) is 5.92 Å². The summed E-state index contributed by atoms with van der Waals surface area (Å²) in [4.78, 5) is 0. The van der Waals surface area contributed by atoms with Crippen molar-refractivity contribution in [1.82, 2.24) is 15.4 Å². The predicted molar refractivity (Wildman–Crippen MR) is 53.7 cm³/mol. The Hall–Kier alpha value is -0.510. The molecule has 4 heteroatoms. The van der Waals surface area contributed by atoms with Gasteiger partial charge in [-0.3, -0.25) is 0 Å². The van der Waals surface area contributed by atoms with Crippen LogP contribution in [0.4, 0.5) is 0 Å². The lowest BCUT2D eigenvalue weighted by atomic mass is 10.1. The molecule has 1 N–H and O–H groups in total. The first-order valence-corrected chi connectivity index (χ1v) is 5.76. The van der Waals surface area contributed by atoms with E-state index >= 15 is 0 Å². The number of hydrogen-bond donors (Lipinski definition) is 1. The van der Waals surface area contributed by atoms with Gasteiger partial charge in [-0.2, -0.15) is 10.3 Å². The Bertz CT molecular complexity index is 241. The van der Waals surface area contributed by atoms with E-state index in [0.717, 1.165) is 10.9 Å². The third-order valence-corrected chi connectivity index (χ3v) is 3.96. The molecule has 0 spiro atoms. The van der Waals surface area contributed by atoms with Gasteiger partial charge in [-0.05, 0) is 18.8 Å². The molecule has 13 heavy (non-hydrogen) atoms. The zero-order valence-electron chi connectivity index (χ0n) is 7.86. The molecule has 0 saturated heterocycles. The van der Waals surface area contributed by atoms with Gasteiger partial charge in [0.05, 0.1) is 6.20 Å². The summed E-state index contributed by atoms with van der Waals surface area (Å²) in [6, 6.07) is 0. The van der Waals surface area contributed by atoms with Crippen molar-refractivity contribution in [2.45, 2.75) is 42.9 Å². The van der Waals surface area contributed by atoms with Crippen LogP contribution in [0.5, 0.6) is 0 Å². The van der Waals surface area contributed by atoms with Crippen molar-refractivity contribution >= 4 is 11.8 Å². The highest BCUT2D eigenvalue weighted by Crippen LogP contribution is 2.35. The summed E-state index contributed by atoms with van der Waals surface area (Å²) in [5, 5.41) is 12.2. The molecule has 0 aliphatic heterocycles. The molecule has 1 saturated carbocycles. The number of nitrogens with zero attached hydrogens (tertiary/aromatic N) is 2. The van der Waals surface area contributed by atoms with Crippen molar-refractivity contribution in [3.8, 4) is 0 Å². The molecule has 1 unspecified atom stereocenters. The van der Waals surface area contributed by atoms with Gasteiger partial charge in [-0.1, -0.05) is 31.5 Å². The van der Waals surface area contributed by atoms with Gasteiger partial charge in [0, 0.05) is 5.25 Å². The molecule has 3 nitrogen and oxygen atoms in total. The summed E-state index contributed by atoms with van der Waals surface area (Å²) in [5.74, 6) is 0.890. The summed E-state index contributed by atoms with van der Waals surface area (Å²) in [5.41, 5.74) is 0. The Balaban J connectivity index is 1.87. The number of nitrogens with one attached hydrogen (secondary N) is 1. The van der Waals surface area contributed by atoms with Gasteiger partial charge in [0.1, 0.15) is 5.03 Å². The molecule has 0 amide bonds. The lowest BCUT2D eigenvalue weighted by Crippen LogP contribution is -2.09.